The number of piperazine rings is 1. The maximum Gasteiger partial charge on any atom is 0.262 e. The summed E-state index contributed by atoms with van der Waals surface area (Å²) in [6.45, 7) is 6.25. The summed E-state index contributed by atoms with van der Waals surface area (Å²) in [5.41, 5.74) is 1.72. The number of rotatable bonds is 7. The lowest BCUT2D eigenvalue weighted by Crippen LogP contribution is -2.49. The standard InChI is InChI=1S/C26H28FN3O4S/c1-3-34-24-11-7-6-10-23(24)29-14-16-30(17-15-29)26(31)21-8-4-5-9-22(21)28-35(32,33)25-13-12-20(27)18-19(25)2/h4-13,18,28H,3,14-17H2,1-2H3. The number of benzene rings is 3. The summed E-state index contributed by atoms with van der Waals surface area (Å²) in [6.07, 6.45) is 0. The van der Waals surface area contributed by atoms with E-state index < -0.39 is 15.8 Å². The van der Waals surface area contributed by atoms with Gasteiger partial charge in [-0.25, -0.2) is 12.8 Å². The van der Waals surface area contributed by atoms with Crippen molar-refractivity contribution >= 4 is 27.3 Å². The van der Waals surface area contributed by atoms with Gasteiger partial charge in [0.2, 0.25) is 0 Å². The summed E-state index contributed by atoms with van der Waals surface area (Å²) in [7, 11) is -4.01. The van der Waals surface area contributed by atoms with Gasteiger partial charge < -0.3 is 14.5 Å². The van der Waals surface area contributed by atoms with E-state index in [-0.39, 0.29) is 27.6 Å². The van der Waals surface area contributed by atoms with E-state index in [4.69, 9.17) is 4.74 Å². The first-order valence-corrected chi connectivity index (χ1v) is 12.9. The minimum absolute atomic E-state index is 0.0391. The molecule has 0 radical (unpaired) electrons. The van der Waals surface area contributed by atoms with Gasteiger partial charge in [0.1, 0.15) is 11.6 Å². The van der Waals surface area contributed by atoms with Gasteiger partial charge in [-0.1, -0.05) is 24.3 Å². The molecule has 0 atom stereocenters. The van der Waals surface area contributed by atoms with E-state index in [1.54, 1.807) is 29.2 Å². The van der Waals surface area contributed by atoms with Crippen LogP contribution in [0.3, 0.4) is 0 Å². The first-order chi connectivity index (χ1) is 16.8. The minimum atomic E-state index is -4.01. The highest BCUT2D eigenvalue weighted by molar-refractivity contribution is 7.92. The quantitative estimate of drug-likeness (QED) is 0.527. The predicted molar refractivity (Wildman–Crippen MR) is 134 cm³/mol. The monoisotopic (exact) mass is 497 g/mol. The van der Waals surface area contributed by atoms with Crippen molar-refractivity contribution in [2.75, 3.05) is 42.4 Å². The van der Waals surface area contributed by atoms with E-state index in [0.717, 1.165) is 23.6 Å². The molecule has 0 saturated carbocycles. The zero-order valence-corrected chi connectivity index (χ0v) is 20.5. The van der Waals surface area contributed by atoms with Crippen LogP contribution in [0.5, 0.6) is 5.75 Å². The molecule has 1 amide bonds. The van der Waals surface area contributed by atoms with Crippen molar-refractivity contribution in [1.29, 1.82) is 0 Å². The molecule has 0 unspecified atom stereocenters. The molecule has 1 saturated heterocycles. The number of anilines is 2. The van der Waals surface area contributed by atoms with Crippen molar-refractivity contribution < 1.29 is 22.3 Å². The molecule has 0 spiro atoms. The molecule has 1 N–H and O–H groups in total. The Morgan fingerprint density at radius 2 is 1.69 bits per heavy atom. The van der Waals surface area contributed by atoms with Gasteiger partial charge in [0, 0.05) is 26.2 Å². The van der Waals surface area contributed by atoms with Crippen molar-refractivity contribution in [2.24, 2.45) is 0 Å². The summed E-state index contributed by atoms with van der Waals surface area (Å²) in [4.78, 5) is 17.2. The Bertz CT molecular complexity index is 1320. The minimum Gasteiger partial charge on any atom is -0.492 e. The number of halogens is 1. The van der Waals surface area contributed by atoms with Crippen molar-refractivity contribution in [3.05, 3.63) is 83.7 Å². The number of nitrogens with one attached hydrogen (secondary N) is 1. The molecular weight excluding hydrogens is 469 g/mol. The molecule has 35 heavy (non-hydrogen) atoms. The first kappa shape index (κ1) is 24.5. The molecule has 1 heterocycles. The van der Waals surface area contributed by atoms with E-state index in [0.29, 0.717) is 32.8 Å². The van der Waals surface area contributed by atoms with Crippen molar-refractivity contribution in [1.82, 2.24) is 4.90 Å². The van der Waals surface area contributed by atoms with E-state index in [2.05, 4.69) is 9.62 Å². The van der Waals surface area contributed by atoms with Gasteiger partial charge in [-0.3, -0.25) is 9.52 Å². The molecule has 0 aromatic heterocycles. The molecule has 1 fully saturated rings. The molecule has 4 rings (SSSR count). The van der Waals surface area contributed by atoms with Crippen LogP contribution < -0.4 is 14.4 Å². The number of nitrogens with zero attached hydrogens (tertiary/aromatic N) is 2. The Balaban J connectivity index is 1.50. The Morgan fingerprint density at radius 3 is 2.40 bits per heavy atom. The number of hydrogen-bond donors (Lipinski definition) is 1. The van der Waals surface area contributed by atoms with Gasteiger partial charge in [-0.05, 0) is 61.9 Å². The molecule has 1 aliphatic heterocycles. The topological polar surface area (TPSA) is 79.0 Å². The summed E-state index contributed by atoms with van der Waals surface area (Å²) >= 11 is 0. The average molecular weight is 498 g/mol. The van der Waals surface area contributed by atoms with Crippen LogP contribution in [0.4, 0.5) is 15.8 Å². The number of aryl methyl sites for hydroxylation is 1. The average Bonchev–Trinajstić information content (AvgIpc) is 2.84. The molecular formula is C26H28FN3O4S. The predicted octanol–water partition coefficient (Wildman–Crippen LogP) is 4.30. The van der Waals surface area contributed by atoms with Crippen LogP contribution in [0.25, 0.3) is 0 Å². The molecule has 1 aliphatic rings. The lowest BCUT2D eigenvalue weighted by molar-refractivity contribution is 0.0747. The zero-order chi connectivity index (χ0) is 25.0. The third-order valence-corrected chi connectivity index (χ3v) is 7.43. The fraction of sp³-hybridized carbons (Fsp3) is 0.269. The molecule has 3 aromatic carbocycles. The summed E-state index contributed by atoms with van der Waals surface area (Å²) in [5, 5.41) is 0. The second-order valence-electron chi connectivity index (χ2n) is 8.24. The van der Waals surface area contributed by atoms with Crippen LogP contribution in [0.15, 0.2) is 71.6 Å². The number of amides is 1. The van der Waals surface area contributed by atoms with Gasteiger partial charge in [0.15, 0.2) is 0 Å². The van der Waals surface area contributed by atoms with Crippen molar-refractivity contribution in [3.8, 4) is 5.75 Å². The smallest absolute Gasteiger partial charge is 0.262 e. The fourth-order valence-corrected chi connectivity index (χ4v) is 5.50. The van der Waals surface area contributed by atoms with E-state index in [1.807, 2.05) is 31.2 Å². The molecule has 3 aromatic rings. The molecule has 0 aliphatic carbocycles. The van der Waals surface area contributed by atoms with Gasteiger partial charge in [0.25, 0.3) is 15.9 Å². The van der Waals surface area contributed by atoms with Gasteiger partial charge in [-0.2, -0.15) is 0 Å². The maximum absolute atomic E-state index is 13.5. The number of hydrogen-bond acceptors (Lipinski definition) is 5. The van der Waals surface area contributed by atoms with E-state index in [1.165, 1.54) is 13.0 Å². The fourth-order valence-electron chi connectivity index (χ4n) is 4.19. The Labute approximate surface area is 205 Å². The van der Waals surface area contributed by atoms with Crippen LogP contribution in [0, 0.1) is 12.7 Å². The molecule has 7 nitrogen and oxygen atoms in total. The Hall–Kier alpha value is -3.59. The van der Waals surface area contributed by atoms with E-state index in [9.17, 15) is 17.6 Å². The van der Waals surface area contributed by atoms with Crippen LogP contribution in [0.2, 0.25) is 0 Å². The highest BCUT2D eigenvalue weighted by Crippen LogP contribution is 2.30. The maximum atomic E-state index is 13.5. The van der Waals surface area contributed by atoms with Gasteiger partial charge in [-0.15, -0.1) is 0 Å². The summed E-state index contributed by atoms with van der Waals surface area (Å²) < 4.78 is 47.7. The second-order valence-corrected chi connectivity index (χ2v) is 9.89. The van der Waals surface area contributed by atoms with Crippen LogP contribution in [-0.2, 0) is 10.0 Å². The third-order valence-electron chi connectivity index (χ3n) is 5.90. The number of ether oxygens (including phenoxy) is 1. The lowest BCUT2D eigenvalue weighted by Gasteiger charge is -2.37. The van der Waals surface area contributed by atoms with Gasteiger partial charge in [0.05, 0.1) is 28.4 Å². The number of para-hydroxylation sites is 3. The van der Waals surface area contributed by atoms with Crippen LogP contribution in [0.1, 0.15) is 22.8 Å². The Morgan fingerprint density at radius 1 is 1.00 bits per heavy atom. The second kappa shape index (κ2) is 10.4. The first-order valence-electron chi connectivity index (χ1n) is 11.4. The Kier molecular flexibility index (Phi) is 7.25. The number of carbonyl (C=O) groups is 1. The zero-order valence-electron chi connectivity index (χ0n) is 19.7. The highest BCUT2D eigenvalue weighted by atomic mass is 32.2. The highest BCUT2D eigenvalue weighted by Gasteiger charge is 2.27. The van der Waals surface area contributed by atoms with Gasteiger partial charge >= 0.3 is 0 Å². The largest absolute Gasteiger partial charge is 0.492 e. The molecule has 0 bridgehead atoms. The SMILES string of the molecule is CCOc1ccccc1N1CCN(C(=O)c2ccccc2NS(=O)(=O)c2ccc(F)cc2C)CC1. The van der Waals surface area contributed by atoms with Crippen molar-refractivity contribution in [3.63, 3.8) is 0 Å². The molecule has 9 heteroatoms. The third kappa shape index (κ3) is 5.40. The van der Waals surface area contributed by atoms with E-state index >= 15 is 0 Å². The number of sulfonamides is 1. The number of carbonyl (C=O) groups excluding carboxylic acids is 1. The molecule has 184 valence electrons. The summed E-state index contributed by atoms with van der Waals surface area (Å²) in [6, 6.07) is 17.8. The lowest BCUT2D eigenvalue weighted by atomic mass is 10.1. The normalized spacial score (nSPS) is 14.0. The summed E-state index contributed by atoms with van der Waals surface area (Å²) in [5.74, 6) is 0.0440. The van der Waals surface area contributed by atoms with Crippen LogP contribution >= 0.6 is 0 Å². The van der Waals surface area contributed by atoms with Crippen molar-refractivity contribution in [2.45, 2.75) is 18.7 Å². The van der Waals surface area contributed by atoms with Crippen LogP contribution in [-0.4, -0.2) is 52.0 Å².